The lowest BCUT2D eigenvalue weighted by atomic mass is 9.64. The van der Waals surface area contributed by atoms with Crippen LogP contribution in [0, 0.1) is 22.1 Å². The summed E-state index contributed by atoms with van der Waals surface area (Å²) in [6.07, 6.45) is 1.44. The molecular formula is C18H21BrFNO2. The van der Waals surface area contributed by atoms with Crippen LogP contribution in [0.4, 0.5) is 4.39 Å². The predicted molar refractivity (Wildman–Crippen MR) is 89.5 cm³/mol. The summed E-state index contributed by atoms with van der Waals surface area (Å²) in [5.74, 6) is -0.262. The summed E-state index contributed by atoms with van der Waals surface area (Å²) in [4.78, 5) is 25.2. The summed E-state index contributed by atoms with van der Waals surface area (Å²) >= 11 is 3.51. The second kappa shape index (κ2) is 5.13. The van der Waals surface area contributed by atoms with E-state index < -0.39 is 21.1 Å². The number of alkyl halides is 1. The third kappa shape index (κ3) is 1.98. The van der Waals surface area contributed by atoms with Gasteiger partial charge in [-0.3, -0.25) is 9.59 Å². The zero-order valence-corrected chi connectivity index (χ0v) is 15.2. The van der Waals surface area contributed by atoms with Crippen molar-refractivity contribution in [1.29, 1.82) is 0 Å². The number of carbonyl (C=O) groups is 2. The van der Waals surface area contributed by atoms with E-state index in [1.54, 1.807) is 12.1 Å². The molecule has 0 aromatic heterocycles. The molecule has 2 saturated carbocycles. The van der Waals surface area contributed by atoms with Crippen LogP contribution < -0.4 is 5.32 Å². The first-order chi connectivity index (χ1) is 10.7. The molecule has 124 valence electrons. The fourth-order valence-electron chi connectivity index (χ4n) is 4.40. The minimum atomic E-state index is -0.723. The van der Waals surface area contributed by atoms with E-state index >= 15 is 0 Å². The number of fused-ring (bicyclic) bond motifs is 2. The predicted octanol–water partition coefficient (Wildman–Crippen LogP) is 3.60. The molecule has 0 spiro atoms. The number of nitrogens with one attached hydrogen (secondary N) is 1. The largest absolute Gasteiger partial charge is 0.351 e. The highest BCUT2D eigenvalue weighted by atomic mass is 79.9. The third-order valence-corrected chi connectivity index (χ3v) is 7.69. The molecule has 23 heavy (non-hydrogen) atoms. The Morgan fingerprint density at radius 3 is 2.39 bits per heavy atom. The fraction of sp³-hybridized carbons (Fsp3) is 0.556. The molecule has 1 aromatic carbocycles. The van der Waals surface area contributed by atoms with Crippen molar-refractivity contribution in [2.45, 2.75) is 45.0 Å². The van der Waals surface area contributed by atoms with Crippen LogP contribution in [-0.4, -0.2) is 16.5 Å². The van der Waals surface area contributed by atoms with Crippen molar-refractivity contribution in [3.63, 3.8) is 0 Å². The van der Waals surface area contributed by atoms with Crippen LogP contribution in [0.25, 0.3) is 0 Å². The van der Waals surface area contributed by atoms with Gasteiger partial charge in [0.15, 0.2) is 5.78 Å². The van der Waals surface area contributed by atoms with Gasteiger partial charge in [-0.05, 0) is 36.0 Å². The van der Waals surface area contributed by atoms with Gasteiger partial charge in [0.2, 0.25) is 5.91 Å². The van der Waals surface area contributed by atoms with E-state index in [9.17, 15) is 14.0 Å². The van der Waals surface area contributed by atoms with Crippen molar-refractivity contribution >= 4 is 27.6 Å². The van der Waals surface area contributed by atoms with Gasteiger partial charge < -0.3 is 5.32 Å². The average Bonchev–Trinajstić information content (AvgIpc) is 2.78. The lowest BCUT2D eigenvalue weighted by Crippen LogP contribution is -2.50. The van der Waals surface area contributed by atoms with Crippen molar-refractivity contribution in [2.24, 2.45) is 16.2 Å². The van der Waals surface area contributed by atoms with E-state index in [4.69, 9.17) is 0 Å². The number of hydrogen-bond acceptors (Lipinski definition) is 2. The average molecular weight is 382 g/mol. The molecule has 2 bridgehead atoms. The zero-order chi connectivity index (χ0) is 17.0. The standard InChI is InChI=1S/C18H21BrFNO2/c1-16(2)17(3)8-9-18(16,13(19)14(17)22)15(23)21-10-11-4-6-12(20)7-5-11/h4-7,13H,8-10H2,1-3H3,(H,21,23). The van der Waals surface area contributed by atoms with Crippen molar-refractivity contribution in [3.8, 4) is 0 Å². The molecule has 0 aliphatic heterocycles. The minimum absolute atomic E-state index is 0.0942. The van der Waals surface area contributed by atoms with Gasteiger partial charge in [-0.25, -0.2) is 4.39 Å². The van der Waals surface area contributed by atoms with E-state index in [-0.39, 0.29) is 17.5 Å². The minimum Gasteiger partial charge on any atom is -0.351 e. The molecule has 0 saturated heterocycles. The molecule has 3 rings (SSSR count). The monoisotopic (exact) mass is 381 g/mol. The molecule has 3 nitrogen and oxygen atoms in total. The number of carbonyl (C=O) groups excluding carboxylic acids is 2. The zero-order valence-electron chi connectivity index (χ0n) is 13.6. The highest BCUT2D eigenvalue weighted by molar-refractivity contribution is 9.10. The van der Waals surface area contributed by atoms with Gasteiger partial charge in [-0.2, -0.15) is 0 Å². The van der Waals surface area contributed by atoms with Crippen LogP contribution in [0.5, 0.6) is 0 Å². The van der Waals surface area contributed by atoms with Crippen LogP contribution in [0.2, 0.25) is 0 Å². The maximum Gasteiger partial charge on any atom is 0.228 e. The van der Waals surface area contributed by atoms with Crippen molar-refractivity contribution in [1.82, 2.24) is 5.32 Å². The van der Waals surface area contributed by atoms with Gasteiger partial charge in [-0.1, -0.05) is 48.8 Å². The van der Waals surface area contributed by atoms with Crippen LogP contribution in [0.1, 0.15) is 39.2 Å². The normalized spacial score (nSPS) is 34.7. The molecule has 1 N–H and O–H groups in total. The first-order valence-electron chi connectivity index (χ1n) is 7.88. The molecular weight excluding hydrogens is 361 g/mol. The maximum atomic E-state index is 13.0. The molecule has 2 fully saturated rings. The van der Waals surface area contributed by atoms with E-state index in [1.165, 1.54) is 12.1 Å². The summed E-state index contributed by atoms with van der Waals surface area (Å²) in [7, 11) is 0. The van der Waals surface area contributed by atoms with E-state index in [0.717, 1.165) is 12.0 Å². The van der Waals surface area contributed by atoms with Crippen LogP contribution >= 0.6 is 15.9 Å². The Morgan fingerprint density at radius 2 is 1.87 bits per heavy atom. The molecule has 0 heterocycles. The van der Waals surface area contributed by atoms with E-state index in [1.807, 2.05) is 20.8 Å². The van der Waals surface area contributed by atoms with Crippen LogP contribution in [0.15, 0.2) is 24.3 Å². The van der Waals surface area contributed by atoms with Gasteiger partial charge in [0.25, 0.3) is 0 Å². The molecule has 1 amide bonds. The smallest absolute Gasteiger partial charge is 0.228 e. The second-order valence-corrected chi connectivity index (χ2v) is 8.38. The Hall–Kier alpha value is -1.23. The molecule has 0 radical (unpaired) electrons. The van der Waals surface area contributed by atoms with Crippen LogP contribution in [0.3, 0.4) is 0 Å². The van der Waals surface area contributed by atoms with Crippen LogP contribution in [-0.2, 0) is 16.1 Å². The molecule has 1 aromatic rings. The number of amides is 1. The number of benzene rings is 1. The summed E-state index contributed by atoms with van der Waals surface area (Å²) in [6.45, 7) is 6.36. The SMILES string of the molecule is CC12CCC(C(=O)NCc3ccc(F)cc3)(C(Br)C1=O)C2(C)C. The van der Waals surface area contributed by atoms with Gasteiger partial charge in [0.05, 0.1) is 10.2 Å². The topological polar surface area (TPSA) is 46.2 Å². The lowest BCUT2D eigenvalue weighted by Gasteiger charge is -2.39. The lowest BCUT2D eigenvalue weighted by molar-refractivity contribution is -0.136. The number of halogens is 2. The van der Waals surface area contributed by atoms with Gasteiger partial charge in [-0.15, -0.1) is 0 Å². The Bertz CT molecular complexity index is 672. The van der Waals surface area contributed by atoms with E-state index in [2.05, 4.69) is 21.2 Å². The summed E-state index contributed by atoms with van der Waals surface area (Å²) in [5.41, 5.74) is -0.754. The molecule has 3 unspecified atom stereocenters. The Kier molecular flexibility index (Phi) is 3.71. The molecule has 2 aliphatic rings. The fourth-order valence-corrected chi connectivity index (χ4v) is 5.91. The second-order valence-electron chi connectivity index (χ2n) is 7.46. The first kappa shape index (κ1) is 16.6. The van der Waals surface area contributed by atoms with Gasteiger partial charge in [0, 0.05) is 12.0 Å². The van der Waals surface area contributed by atoms with Gasteiger partial charge in [0.1, 0.15) is 5.82 Å². The van der Waals surface area contributed by atoms with Crippen molar-refractivity contribution in [2.75, 3.05) is 0 Å². The number of rotatable bonds is 3. The molecule has 5 heteroatoms. The Labute approximate surface area is 144 Å². The number of Topliss-reactive ketones (excluding diaryl/α,β-unsaturated/α-hetero) is 1. The summed E-state index contributed by atoms with van der Waals surface area (Å²) in [6, 6.07) is 6.07. The quantitative estimate of drug-likeness (QED) is 0.812. The summed E-state index contributed by atoms with van der Waals surface area (Å²) < 4.78 is 13.0. The molecule has 3 atom stereocenters. The maximum absolute atomic E-state index is 13.0. The highest BCUT2D eigenvalue weighted by Gasteiger charge is 2.76. The summed E-state index contributed by atoms with van der Waals surface area (Å²) in [5, 5.41) is 2.96. The third-order valence-electron chi connectivity index (χ3n) is 6.49. The number of hydrogen-bond donors (Lipinski definition) is 1. The number of ketones is 1. The van der Waals surface area contributed by atoms with Crippen molar-refractivity contribution < 1.29 is 14.0 Å². The molecule has 2 aliphatic carbocycles. The Morgan fingerprint density at radius 1 is 1.26 bits per heavy atom. The van der Waals surface area contributed by atoms with Crippen molar-refractivity contribution in [3.05, 3.63) is 35.6 Å². The Balaban J connectivity index is 1.84. The highest BCUT2D eigenvalue weighted by Crippen LogP contribution is 2.72. The van der Waals surface area contributed by atoms with Gasteiger partial charge >= 0.3 is 0 Å². The van der Waals surface area contributed by atoms with E-state index in [0.29, 0.717) is 13.0 Å². The first-order valence-corrected chi connectivity index (χ1v) is 8.79.